The van der Waals surface area contributed by atoms with Gasteiger partial charge < -0.3 is 9.88 Å². The average Bonchev–Trinajstić information content (AvgIpc) is 2.61. The molecule has 0 aliphatic heterocycles. The summed E-state index contributed by atoms with van der Waals surface area (Å²) in [6.45, 7) is 7.61. The lowest BCUT2D eigenvalue weighted by atomic mass is 10.3. The van der Waals surface area contributed by atoms with Crippen LogP contribution in [0, 0.1) is 0 Å². The van der Waals surface area contributed by atoms with Crippen molar-refractivity contribution in [1.82, 2.24) is 14.9 Å². The van der Waals surface area contributed by atoms with Crippen LogP contribution in [-0.4, -0.2) is 22.6 Å². The molecule has 1 aromatic heterocycles. The van der Waals surface area contributed by atoms with Gasteiger partial charge in [-0.15, -0.1) is 0 Å². The molecule has 0 aromatic carbocycles. The van der Waals surface area contributed by atoms with Crippen LogP contribution in [0.5, 0.6) is 0 Å². The Morgan fingerprint density at radius 2 is 2.14 bits per heavy atom. The molecule has 1 aromatic rings. The Labute approximate surface area is 86.5 Å². The van der Waals surface area contributed by atoms with Gasteiger partial charge in [-0.1, -0.05) is 13.8 Å². The summed E-state index contributed by atoms with van der Waals surface area (Å²) in [5.41, 5.74) is 0. The Morgan fingerprint density at radius 1 is 1.29 bits per heavy atom. The molecular weight excluding hydrogens is 174 g/mol. The maximum absolute atomic E-state index is 4.36. The molecule has 0 aliphatic rings. The van der Waals surface area contributed by atoms with Gasteiger partial charge in [0.25, 0.3) is 0 Å². The van der Waals surface area contributed by atoms with E-state index in [1.165, 1.54) is 18.7 Å². The number of nitrogens with zero attached hydrogens (tertiary/aromatic N) is 2. The summed E-state index contributed by atoms with van der Waals surface area (Å²) in [5, 5.41) is 3.39. The van der Waals surface area contributed by atoms with Crippen molar-refractivity contribution in [2.24, 2.45) is 0 Å². The molecule has 0 saturated carbocycles. The molecule has 0 aliphatic carbocycles. The topological polar surface area (TPSA) is 29.9 Å². The van der Waals surface area contributed by atoms with Gasteiger partial charge in [-0.3, -0.25) is 0 Å². The largest absolute Gasteiger partial charge is 0.335 e. The van der Waals surface area contributed by atoms with Crippen molar-refractivity contribution in [3.05, 3.63) is 18.2 Å². The summed E-state index contributed by atoms with van der Waals surface area (Å²) in [6, 6.07) is 0. The zero-order valence-electron chi connectivity index (χ0n) is 9.29. The van der Waals surface area contributed by atoms with Crippen LogP contribution < -0.4 is 5.32 Å². The van der Waals surface area contributed by atoms with Gasteiger partial charge in [-0.05, 0) is 19.4 Å². The third-order valence-corrected chi connectivity index (χ3v) is 2.22. The Bertz CT molecular complexity index is 242. The van der Waals surface area contributed by atoms with E-state index in [1.807, 2.05) is 6.20 Å². The first kappa shape index (κ1) is 11.2. The highest BCUT2D eigenvalue weighted by atomic mass is 15.1. The maximum atomic E-state index is 4.36. The lowest BCUT2D eigenvalue weighted by Gasteiger charge is -2.06. The van der Waals surface area contributed by atoms with Crippen LogP contribution in [0.25, 0.3) is 0 Å². The van der Waals surface area contributed by atoms with Crippen LogP contribution >= 0.6 is 0 Å². The van der Waals surface area contributed by atoms with Gasteiger partial charge in [0, 0.05) is 31.9 Å². The number of imidazole rings is 1. The summed E-state index contributed by atoms with van der Waals surface area (Å²) in [6.07, 6.45) is 7.37. The zero-order chi connectivity index (χ0) is 10.2. The summed E-state index contributed by atoms with van der Waals surface area (Å²) in [7, 11) is 0. The van der Waals surface area contributed by atoms with Gasteiger partial charge in [-0.25, -0.2) is 4.98 Å². The number of aryl methyl sites for hydroxylation is 1. The minimum absolute atomic E-state index is 1.03. The second kappa shape index (κ2) is 6.60. The SMILES string of the molecule is CCCNCCc1nccn1CCC. The molecule has 0 saturated heterocycles. The highest BCUT2D eigenvalue weighted by molar-refractivity contribution is 4.92. The number of aromatic nitrogens is 2. The molecule has 0 atom stereocenters. The van der Waals surface area contributed by atoms with Crippen molar-refractivity contribution < 1.29 is 0 Å². The summed E-state index contributed by atoms with van der Waals surface area (Å²) >= 11 is 0. The van der Waals surface area contributed by atoms with Crippen molar-refractivity contribution in [2.45, 2.75) is 39.7 Å². The number of hydrogen-bond donors (Lipinski definition) is 1. The van der Waals surface area contributed by atoms with Crippen molar-refractivity contribution >= 4 is 0 Å². The fraction of sp³-hybridized carbons (Fsp3) is 0.727. The predicted octanol–water partition coefficient (Wildman–Crippen LogP) is 1.84. The first-order valence-corrected chi connectivity index (χ1v) is 5.59. The number of hydrogen-bond acceptors (Lipinski definition) is 2. The minimum atomic E-state index is 1.03. The molecular formula is C11H21N3. The highest BCUT2D eigenvalue weighted by Gasteiger charge is 2.00. The summed E-state index contributed by atoms with van der Waals surface area (Å²) in [5.74, 6) is 1.20. The molecule has 0 unspecified atom stereocenters. The molecule has 1 N–H and O–H groups in total. The quantitative estimate of drug-likeness (QED) is 0.673. The lowest BCUT2D eigenvalue weighted by molar-refractivity contribution is 0.604. The van der Waals surface area contributed by atoms with E-state index in [0.717, 1.165) is 26.1 Å². The third-order valence-electron chi connectivity index (χ3n) is 2.22. The molecule has 1 rings (SSSR count). The molecule has 14 heavy (non-hydrogen) atoms. The maximum Gasteiger partial charge on any atom is 0.109 e. The molecule has 0 fully saturated rings. The highest BCUT2D eigenvalue weighted by Crippen LogP contribution is 1.99. The van der Waals surface area contributed by atoms with E-state index in [9.17, 15) is 0 Å². The third kappa shape index (κ3) is 3.50. The van der Waals surface area contributed by atoms with E-state index >= 15 is 0 Å². The van der Waals surface area contributed by atoms with Gasteiger partial charge in [0.05, 0.1) is 0 Å². The average molecular weight is 195 g/mol. The van der Waals surface area contributed by atoms with Crippen LogP contribution in [0.15, 0.2) is 12.4 Å². The second-order valence-electron chi connectivity index (χ2n) is 3.54. The van der Waals surface area contributed by atoms with E-state index in [-0.39, 0.29) is 0 Å². The van der Waals surface area contributed by atoms with Gasteiger partial charge in [-0.2, -0.15) is 0 Å². The Hall–Kier alpha value is -0.830. The molecule has 3 nitrogen and oxygen atoms in total. The molecule has 80 valence electrons. The fourth-order valence-corrected chi connectivity index (χ4v) is 1.51. The van der Waals surface area contributed by atoms with Crippen molar-refractivity contribution in [3.8, 4) is 0 Å². The Morgan fingerprint density at radius 3 is 2.86 bits per heavy atom. The fourth-order valence-electron chi connectivity index (χ4n) is 1.51. The van der Waals surface area contributed by atoms with Crippen LogP contribution in [0.3, 0.4) is 0 Å². The lowest BCUT2D eigenvalue weighted by Crippen LogP contribution is -2.19. The minimum Gasteiger partial charge on any atom is -0.335 e. The molecule has 3 heteroatoms. The van der Waals surface area contributed by atoms with E-state index in [1.54, 1.807) is 0 Å². The zero-order valence-corrected chi connectivity index (χ0v) is 9.29. The monoisotopic (exact) mass is 195 g/mol. The van der Waals surface area contributed by atoms with Crippen LogP contribution in [0.4, 0.5) is 0 Å². The summed E-state index contributed by atoms with van der Waals surface area (Å²) < 4.78 is 2.24. The van der Waals surface area contributed by atoms with Gasteiger partial charge in [0.1, 0.15) is 5.82 Å². The molecule has 0 amide bonds. The first-order valence-electron chi connectivity index (χ1n) is 5.59. The molecule has 0 spiro atoms. The van der Waals surface area contributed by atoms with Crippen molar-refractivity contribution in [3.63, 3.8) is 0 Å². The smallest absolute Gasteiger partial charge is 0.109 e. The van der Waals surface area contributed by atoms with E-state index in [0.29, 0.717) is 0 Å². The Balaban J connectivity index is 2.30. The molecule has 0 radical (unpaired) electrons. The van der Waals surface area contributed by atoms with E-state index in [4.69, 9.17) is 0 Å². The van der Waals surface area contributed by atoms with Gasteiger partial charge in [0.15, 0.2) is 0 Å². The van der Waals surface area contributed by atoms with Crippen molar-refractivity contribution in [2.75, 3.05) is 13.1 Å². The van der Waals surface area contributed by atoms with Crippen LogP contribution in [0.2, 0.25) is 0 Å². The van der Waals surface area contributed by atoms with E-state index < -0.39 is 0 Å². The van der Waals surface area contributed by atoms with Gasteiger partial charge >= 0.3 is 0 Å². The summed E-state index contributed by atoms with van der Waals surface area (Å²) in [4.78, 5) is 4.36. The van der Waals surface area contributed by atoms with E-state index in [2.05, 4.69) is 34.9 Å². The number of nitrogens with one attached hydrogen (secondary N) is 1. The standard InChI is InChI=1S/C11H21N3/c1-3-6-12-7-5-11-13-8-10-14(11)9-4-2/h8,10,12H,3-7,9H2,1-2H3. The van der Waals surface area contributed by atoms with Crippen LogP contribution in [-0.2, 0) is 13.0 Å². The van der Waals surface area contributed by atoms with Crippen molar-refractivity contribution in [1.29, 1.82) is 0 Å². The second-order valence-corrected chi connectivity index (χ2v) is 3.54. The van der Waals surface area contributed by atoms with Crippen LogP contribution in [0.1, 0.15) is 32.5 Å². The first-order chi connectivity index (χ1) is 6.88. The molecule has 0 bridgehead atoms. The Kier molecular flexibility index (Phi) is 5.30. The molecule has 1 heterocycles. The normalized spacial score (nSPS) is 10.7. The van der Waals surface area contributed by atoms with Gasteiger partial charge in [0.2, 0.25) is 0 Å². The number of rotatable bonds is 7. The predicted molar refractivity (Wildman–Crippen MR) is 59.4 cm³/mol.